The third-order valence-electron chi connectivity index (χ3n) is 2.93. The Hall–Kier alpha value is -1.84. The first kappa shape index (κ1) is 13.2. The number of aromatic nitrogens is 1. The molecule has 0 aliphatic rings. The van der Waals surface area contributed by atoms with Crippen LogP contribution in [0.3, 0.4) is 0 Å². The zero-order valence-electron chi connectivity index (χ0n) is 10.7. The molecule has 4 heteroatoms. The second kappa shape index (κ2) is 6.07. The lowest BCUT2D eigenvalue weighted by molar-refractivity contribution is 1.15. The second-order valence-electron chi connectivity index (χ2n) is 4.40. The Kier molecular flexibility index (Phi) is 4.00. The van der Waals surface area contributed by atoms with Crippen molar-refractivity contribution in [3.63, 3.8) is 0 Å². The van der Waals surface area contributed by atoms with Crippen LogP contribution in [0.25, 0.3) is 10.6 Å². The number of nitrogens with zero attached hydrogens (tertiary/aromatic N) is 1. The van der Waals surface area contributed by atoms with Crippen LogP contribution in [0.5, 0.6) is 0 Å². The van der Waals surface area contributed by atoms with Crippen LogP contribution in [0.2, 0.25) is 5.02 Å². The van der Waals surface area contributed by atoms with E-state index in [1.54, 1.807) is 11.3 Å². The number of hydrogen-bond acceptors (Lipinski definition) is 3. The van der Waals surface area contributed by atoms with Crippen molar-refractivity contribution in [3.8, 4) is 10.6 Å². The van der Waals surface area contributed by atoms with Gasteiger partial charge in [0.05, 0.1) is 0 Å². The molecule has 3 rings (SSSR count). The number of nitrogens with one attached hydrogen (secondary N) is 1. The van der Waals surface area contributed by atoms with Crippen molar-refractivity contribution in [2.24, 2.45) is 0 Å². The van der Waals surface area contributed by atoms with E-state index in [1.165, 1.54) is 0 Å². The Labute approximate surface area is 127 Å². The van der Waals surface area contributed by atoms with Crippen molar-refractivity contribution < 1.29 is 0 Å². The van der Waals surface area contributed by atoms with Gasteiger partial charge in [0.2, 0.25) is 0 Å². The summed E-state index contributed by atoms with van der Waals surface area (Å²) in [4.78, 5) is 4.33. The van der Waals surface area contributed by atoms with E-state index >= 15 is 0 Å². The number of rotatable bonds is 4. The predicted octanol–water partition coefficient (Wildman–Crippen LogP) is 5.08. The summed E-state index contributed by atoms with van der Waals surface area (Å²) in [5, 5.41) is 7.20. The molecule has 2 aromatic carbocycles. The van der Waals surface area contributed by atoms with Crippen LogP contribution in [-0.4, -0.2) is 4.98 Å². The van der Waals surface area contributed by atoms with Gasteiger partial charge in [0.25, 0.3) is 0 Å². The van der Waals surface area contributed by atoms with Gasteiger partial charge >= 0.3 is 0 Å². The first-order valence-electron chi connectivity index (χ1n) is 6.29. The molecule has 20 heavy (non-hydrogen) atoms. The quantitative estimate of drug-likeness (QED) is 0.727. The minimum atomic E-state index is 0.752. The summed E-state index contributed by atoms with van der Waals surface area (Å²) in [7, 11) is 0. The van der Waals surface area contributed by atoms with Crippen molar-refractivity contribution in [2.75, 3.05) is 5.32 Å². The summed E-state index contributed by atoms with van der Waals surface area (Å²) in [6.07, 6.45) is 1.83. The summed E-state index contributed by atoms with van der Waals surface area (Å²) in [6.45, 7) is 0.752. The van der Waals surface area contributed by atoms with Gasteiger partial charge < -0.3 is 5.32 Å². The molecule has 3 aromatic rings. The molecule has 2 nitrogen and oxygen atoms in total. The van der Waals surface area contributed by atoms with Gasteiger partial charge in [-0.05, 0) is 29.8 Å². The molecule has 0 aliphatic heterocycles. The van der Waals surface area contributed by atoms with Gasteiger partial charge in [-0.25, -0.2) is 4.98 Å². The third kappa shape index (κ3) is 3.18. The van der Waals surface area contributed by atoms with Crippen molar-refractivity contribution in [2.45, 2.75) is 6.54 Å². The van der Waals surface area contributed by atoms with E-state index in [-0.39, 0.29) is 0 Å². The molecule has 1 heterocycles. The van der Waals surface area contributed by atoms with Crippen LogP contribution in [0.1, 0.15) is 5.56 Å². The van der Waals surface area contributed by atoms with E-state index in [0.717, 1.165) is 33.4 Å². The van der Waals surface area contributed by atoms with Gasteiger partial charge in [0.15, 0.2) is 0 Å². The molecule has 0 fully saturated rings. The van der Waals surface area contributed by atoms with E-state index in [0.29, 0.717) is 0 Å². The first-order valence-corrected chi connectivity index (χ1v) is 7.55. The molecule has 0 unspecified atom stereocenters. The summed E-state index contributed by atoms with van der Waals surface area (Å²) in [5.74, 6) is 0. The summed E-state index contributed by atoms with van der Waals surface area (Å²) < 4.78 is 0. The number of thiazole rings is 1. The van der Waals surface area contributed by atoms with Crippen LogP contribution in [0.4, 0.5) is 5.69 Å². The third-order valence-corrected chi connectivity index (χ3v) is 3.98. The van der Waals surface area contributed by atoms with Crippen molar-refractivity contribution >= 4 is 28.6 Å². The maximum atomic E-state index is 5.98. The summed E-state index contributed by atoms with van der Waals surface area (Å²) in [5.41, 5.74) is 3.38. The average Bonchev–Trinajstić information content (AvgIpc) is 3.00. The molecule has 0 amide bonds. The van der Waals surface area contributed by atoms with Crippen molar-refractivity contribution in [1.29, 1.82) is 0 Å². The van der Waals surface area contributed by atoms with E-state index in [2.05, 4.69) is 34.6 Å². The topological polar surface area (TPSA) is 24.9 Å². The molecular weight excluding hydrogens is 288 g/mol. The fourth-order valence-corrected chi connectivity index (χ4v) is 2.83. The maximum Gasteiger partial charge on any atom is 0.123 e. The van der Waals surface area contributed by atoms with Gasteiger partial charge in [-0.3, -0.25) is 0 Å². The highest BCUT2D eigenvalue weighted by Crippen LogP contribution is 2.24. The first-order chi connectivity index (χ1) is 9.81. The van der Waals surface area contributed by atoms with Gasteiger partial charge in [0, 0.05) is 34.4 Å². The molecule has 0 spiro atoms. The van der Waals surface area contributed by atoms with Gasteiger partial charge in [-0.15, -0.1) is 11.3 Å². The number of anilines is 1. The Balaban J connectivity index is 1.73. The molecule has 0 radical (unpaired) electrons. The smallest absolute Gasteiger partial charge is 0.123 e. The van der Waals surface area contributed by atoms with Gasteiger partial charge in [-0.2, -0.15) is 0 Å². The molecule has 1 N–H and O–H groups in total. The highest BCUT2D eigenvalue weighted by Gasteiger charge is 2.01. The van der Waals surface area contributed by atoms with E-state index in [4.69, 9.17) is 11.6 Å². The van der Waals surface area contributed by atoms with Crippen LogP contribution >= 0.6 is 22.9 Å². The molecule has 0 saturated heterocycles. The molecule has 100 valence electrons. The summed E-state index contributed by atoms with van der Waals surface area (Å²) in [6, 6.07) is 16.2. The van der Waals surface area contributed by atoms with Crippen LogP contribution < -0.4 is 5.32 Å². The lowest BCUT2D eigenvalue weighted by Gasteiger charge is -2.08. The number of hydrogen-bond donors (Lipinski definition) is 1. The van der Waals surface area contributed by atoms with Crippen LogP contribution in [0, 0.1) is 0 Å². The minimum absolute atomic E-state index is 0.752. The Morgan fingerprint density at radius 3 is 2.80 bits per heavy atom. The Morgan fingerprint density at radius 1 is 1.10 bits per heavy atom. The predicted molar refractivity (Wildman–Crippen MR) is 86.3 cm³/mol. The van der Waals surface area contributed by atoms with E-state index in [9.17, 15) is 0 Å². The molecule has 0 saturated carbocycles. The van der Waals surface area contributed by atoms with E-state index in [1.807, 2.05) is 35.8 Å². The SMILES string of the molecule is Clc1cccc(CNc2cccc(-c3nccs3)c2)c1. The second-order valence-corrected chi connectivity index (χ2v) is 5.73. The van der Waals surface area contributed by atoms with Gasteiger partial charge in [-0.1, -0.05) is 35.9 Å². The highest BCUT2D eigenvalue weighted by atomic mass is 35.5. The largest absolute Gasteiger partial charge is 0.381 e. The van der Waals surface area contributed by atoms with Gasteiger partial charge in [0.1, 0.15) is 5.01 Å². The lowest BCUT2D eigenvalue weighted by atomic mass is 10.2. The molecule has 0 bridgehead atoms. The molecule has 0 atom stereocenters. The number of benzene rings is 2. The normalized spacial score (nSPS) is 10.4. The van der Waals surface area contributed by atoms with Crippen LogP contribution in [-0.2, 0) is 6.54 Å². The standard InChI is InChI=1S/C16H13ClN2S/c17-14-5-1-3-12(9-14)11-19-15-6-2-4-13(10-15)16-18-7-8-20-16/h1-10,19H,11H2. The van der Waals surface area contributed by atoms with Crippen molar-refractivity contribution in [3.05, 3.63) is 70.7 Å². The zero-order chi connectivity index (χ0) is 13.8. The van der Waals surface area contributed by atoms with Crippen LogP contribution in [0.15, 0.2) is 60.1 Å². The Morgan fingerprint density at radius 2 is 2.00 bits per heavy atom. The highest BCUT2D eigenvalue weighted by molar-refractivity contribution is 7.13. The fourth-order valence-electron chi connectivity index (χ4n) is 1.98. The maximum absolute atomic E-state index is 5.98. The molecular formula is C16H13ClN2S. The molecule has 0 aliphatic carbocycles. The minimum Gasteiger partial charge on any atom is -0.381 e. The fraction of sp³-hybridized carbons (Fsp3) is 0.0625. The van der Waals surface area contributed by atoms with E-state index < -0.39 is 0 Å². The van der Waals surface area contributed by atoms with Crippen molar-refractivity contribution in [1.82, 2.24) is 4.98 Å². The molecule has 1 aromatic heterocycles. The monoisotopic (exact) mass is 300 g/mol. The zero-order valence-corrected chi connectivity index (χ0v) is 12.3. The average molecular weight is 301 g/mol. The Bertz CT molecular complexity index is 695. The lowest BCUT2D eigenvalue weighted by Crippen LogP contribution is -1.99. The number of halogens is 1. The summed E-state index contributed by atoms with van der Waals surface area (Å²) >= 11 is 7.63.